The summed E-state index contributed by atoms with van der Waals surface area (Å²) >= 11 is 4.31. The van der Waals surface area contributed by atoms with Crippen LogP contribution < -0.4 is 0 Å². The van der Waals surface area contributed by atoms with Crippen molar-refractivity contribution in [1.82, 2.24) is 15.4 Å². The largest absolute Gasteiger partial charge is 0.247 e. The lowest BCUT2D eigenvalue weighted by Gasteiger charge is -1.68. The molecule has 0 aromatic carbocycles. The molecule has 0 aliphatic rings. The summed E-state index contributed by atoms with van der Waals surface area (Å²) < 4.78 is 11.8. The van der Waals surface area contributed by atoms with Gasteiger partial charge in [-0.1, -0.05) is 17.8 Å². The first-order valence-electron chi connectivity index (χ1n) is 1.54. The molecule has 3 nitrogen and oxygen atoms in total. The Morgan fingerprint density at radius 3 is 2.57 bits per heavy atom. The van der Waals surface area contributed by atoms with E-state index in [2.05, 4.69) is 22.9 Å². The second-order valence-corrected chi connectivity index (χ2v) is 1.32. The Kier molecular flexibility index (Phi) is 0.900. The van der Waals surface area contributed by atoms with E-state index in [1.165, 1.54) is 0 Å². The molecule has 1 heterocycles. The van der Waals surface area contributed by atoms with Gasteiger partial charge in [-0.2, -0.15) is 4.39 Å². The van der Waals surface area contributed by atoms with E-state index in [1.807, 2.05) is 5.10 Å². The van der Waals surface area contributed by atoms with E-state index in [0.29, 0.717) is 0 Å². The molecule has 1 N–H and O–H groups in total. The zero-order chi connectivity index (χ0) is 5.28. The average Bonchev–Trinajstić information content (AvgIpc) is 1.91. The summed E-state index contributed by atoms with van der Waals surface area (Å²) in [6.07, 6.45) is 0. The Labute approximate surface area is 44.3 Å². The fraction of sp³-hybridized carbons (Fsp3) is 0. The van der Waals surface area contributed by atoms with Gasteiger partial charge in [0.2, 0.25) is 11.0 Å². The number of aromatic amines is 1. The summed E-state index contributed by atoms with van der Waals surface area (Å²) in [5.74, 6) is -0.644. The molecule has 37 valence electrons. The zero-order valence-electron chi connectivity index (χ0n) is 3.18. The van der Waals surface area contributed by atoms with Gasteiger partial charge in [-0.05, 0) is 0 Å². The number of hydrogen-bond acceptors (Lipinski definition) is 2. The minimum atomic E-state index is -0.644. The van der Waals surface area contributed by atoms with Crippen LogP contribution in [0.3, 0.4) is 0 Å². The molecule has 0 unspecified atom stereocenters. The molecule has 0 spiro atoms. The van der Waals surface area contributed by atoms with Gasteiger partial charge in [0.05, 0.1) is 0 Å². The van der Waals surface area contributed by atoms with Crippen molar-refractivity contribution in [3.63, 3.8) is 0 Å². The molecular formula is C2HFN3S. The number of rotatable bonds is 0. The normalized spacial score (nSPS) is 9.29. The number of nitrogens with zero attached hydrogens (tertiary/aromatic N) is 2. The number of H-pyrrole nitrogens is 1. The molecule has 0 amide bonds. The van der Waals surface area contributed by atoms with Crippen LogP contribution in [0.25, 0.3) is 0 Å². The molecule has 1 rings (SSSR count). The Morgan fingerprint density at radius 2 is 2.43 bits per heavy atom. The highest BCUT2D eigenvalue weighted by Crippen LogP contribution is 2.00. The second kappa shape index (κ2) is 1.42. The van der Waals surface area contributed by atoms with Gasteiger partial charge in [-0.3, -0.25) is 0 Å². The van der Waals surface area contributed by atoms with Crippen molar-refractivity contribution in [2.75, 3.05) is 0 Å². The average molecular weight is 118 g/mol. The van der Waals surface area contributed by atoms with E-state index in [1.54, 1.807) is 0 Å². The highest BCUT2D eigenvalue weighted by atomic mass is 32.1. The monoisotopic (exact) mass is 118 g/mol. The summed E-state index contributed by atoms with van der Waals surface area (Å²) in [7, 11) is 0. The van der Waals surface area contributed by atoms with Crippen molar-refractivity contribution in [1.29, 1.82) is 0 Å². The second-order valence-electron chi connectivity index (χ2n) is 0.931. The van der Waals surface area contributed by atoms with Crippen LogP contribution in [0, 0.1) is 5.95 Å². The van der Waals surface area contributed by atoms with Crippen LogP contribution in [0.2, 0.25) is 0 Å². The predicted molar refractivity (Wildman–Crippen MR) is 22.2 cm³/mol. The van der Waals surface area contributed by atoms with Gasteiger partial charge in [0.1, 0.15) is 0 Å². The van der Waals surface area contributed by atoms with Crippen LogP contribution in [-0.4, -0.2) is 15.4 Å². The van der Waals surface area contributed by atoms with E-state index in [9.17, 15) is 4.39 Å². The third-order valence-electron chi connectivity index (χ3n) is 0.477. The zero-order valence-corrected chi connectivity index (χ0v) is 4.00. The Hall–Kier alpha value is -0.710. The minimum absolute atomic E-state index is 0.111. The van der Waals surface area contributed by atoms with Gasteiger partial charge in [-0.15, -0.1) is 5.10 Å². The third-order valence-corrected chi connectivity index (χ3v) is 0.738. The predicted octanol–water partition coefficient (Wildman–Crippen LogP) is 0.500. The van der Waals surface area contributed by atoms with Crippen molar-refractivity contribution >= 4 is 12.6 Å². The molecule has 0 saturated heterocycles. The molecule has 1 aromatic rings. The molecular weight excluding hydrogens is 117 g/mol. The highest BCUT2D eigenvalue weighted by Gasteiger charge is 1.97. The van der Waals surface area contributed by atoms with Crippen LogP contribution in [0.15, 0.2) is 5.03 Å². The van der Waals surface area contributed by atoms with Gasteiger partial charge < -0.3 is 0 Å². The Morgan fingerprint density at radius 1 is 1.71 bits per heavy atom. The number of halogens is 1. The molecule has 0 aliphatic carbocycles. The van der Waals surface area contributed by atoms with Crippen LogP contribution in [-0.2, 0) is 0 Å². The van der Waals surface area contributed by atoms with Crippen molar-refractivity contribution in [2.45, 2.75) is 5.03 Å². The standard InChI is InChI=1S/C2HFN3S/c3-1-2(7)5-6-4-1/h(H,4,5,6). The Bertz CT molecular complexity index is 145. The lowest BCUT2D eigenvalue weighted by molar-refractivity contribution is 0.558. The van der Waals surface area contributed by atoms with Gasteiger partial charge in [0.15, 0.2) is 0 Å². The van der Waals surface area contributed by atoms with Crippen LogP contribution in [0.4, 0.5) is 4.39 Å². The lowest BCUT2D eigenvalue weighted by Crippen LogP contribution is -1.69. The molecule has 0 saturated carbocycles. The van der Waals surface area contributed by atoms with Crippen molar-refractivity contribution in [3.8, 4) is 0 Å². The summed E-state index contributed by atoms with van der Waals surface area (Å²) in [5, 5.41) is 8.04. The maximum atomic E-state index is 11.8. The fourth-order valence-corrected chi connectivity index (χ4v) is 0.292. The third kappa shape index (κ3) is 0.663. The molecule has 0 fully saturated rings. The van der Waals surface area contributed by atoms with E-state index < -0.39 is 5.95 Å². The lowest BCUT2D eigenvalue weighted by atomic mass is 10.9. The molecule has 7 heavy (non-hydrogen) atoms. The summed E-state index contributed by atoms with van der Waals surface area (Å²) in [4.78, 5) is 0. The first-order valence-corrected chi connectivity index (χ1v) is 1.95. The summed E-state index contributed by atoms with van der Waals surface area (Å²) in [5.41, 5.74) is 0. The smallest absolute Gasteiger partial charge is 0.231 e. The number of aromatic nitrogens is 3. The summed E-state index contributed by atoms with van der Waals surface area (Å²) in [6, 6.07) is 0. The highest BCUT2D eigenvalue weighted by molar-refractivity contribution is 7.80. The van der Waals surface area contributed by atoms with Crippen LogP contribution in [0.5, 0.6) is 0 Å². The fourth-order valence-electron chi connectivity index (χ4n) is 0.206. The first kappa shape index (κ1) is 4.45. The first-order chi connectivity index (χ1) is 3.30. The van der Waals surface area contributed by atoms with E-state index in [0.717, 1.165) is 0 Å². The molecule has 1 radical (unpaired) electrons. The van der Waals surface area contributed by atoms with Crippen LogP contribution in [0.1, 0.15) is 0 Å². The van der Waals surface area contributed by atoms with Gasteiger partial charge >= 0.3 is 0 Å². The van der Waals surface area contributed by atoms with Crippen molar-refractivity contribution in [2.24, 2.45) is 0 Å². The van der Waals surface area contributed by atoms with E-state index in [-0.39, 0.29) is 5.03 Å². The van der Waals surface area contributed by atoms with Gasteiger partial charge in [0, 0.05) is 0 Å². The minimum Gasteiger partial charge on any atom is -0.231 e. The summed E-state index contributed by atoms with van der Waals surface area (Å²) in [6.45, 7) is 0. The maximum Gasteiger partial charge on any atom is 0.247 e. The van der Waals surface area contributed by atoms with Crippen molar-refractivity contribution in [3.05, 3.63) is 5.95 Å². The van der Waals surface area contributed by atoms with Gasteiger partial charge in [-0.25, -0.2) is 5.10 Å². The Balaban J connectivity index is 3.12. The molecule has 0 atom stereocenters. The quantitative estimate of drug-likeness (QED) is 0.539. The number of hydrogen-bond donors (Lipinski definition) is 1. The van der Waals surface area contributed by atoms with Gasteiger partial charge in [0.25, 0.3) is 0 Å². The van der Waals surface area contributed by atoms with Crippen molar-refractivity contribution < 1.29 is 4.39 Å². The number of nitrogens with one attached hydrogen (secondary N) is 1. The van der Waals surface area contributed by atoms with E-state index in [4.69, 9.17) is 0 Å². The topological polar surface area (TPSA) is 41.6 Å². The maximum absolute atomic E-state index is 11.8. The molecule has 0 aliphatic heterocycles. The van der Waals surface area contributed by atoms with Crippen LogP contribution >= 0.6 is 12.6 Å². The van der Waals surface area contributed by atoms with E-state index >= 15 is 0 Å². The SMILES string of the molecule is Fc1[nH]nnc1[S]. The molecule has 5 heteroatoms. The molecule has 0 bridgehead atoms. The molecule has 1 aromatic heterocycles.